The SMILES string of the molecule is O=S(=O)(O)c1[c-]cccc1.[Na+]. The minimum absolute atomic E-state index is 0. The molecule has 5 heteroatoms. The van der Waals surface area contributed by atoms with E-state index >= 15 is 0 Å². The summed E-state index contributed by atoms with van der Waals surface area (Å²) in [4.78, 5) is -0.199. The van der Waals surface area contributed by atoms with Crippen LogP contribution in [-0.2, 0) is 10.1 Å². The fourth-order valence-corrected chi connectivity index (χ4v) is 1.00. The van der Waals surface area contributed by atoms with Gasteiger partial charge in [-0.15, -0.1) is 6.07 Å². The predicted octanol–water partition coefficient (Wildman–Crippen LogP) is -2.26. The molecular weight excluding hydrogens is 175 g/mol. The van der Waals surface area contributed by atoms with E-state index in [4.69, 9.17) is 4.55 Å². The van der Waals surface area contributed by atoms with Crippen LogP contribution in [0.25, 0.3) is 0 Å². The molecule has 3 nitrogen and oxygen atoms in total. The molecule has 0 unspecified atom stereocenters. The van der Waals surface area contributed by atoms with Gasteiger partial charge in [-0.25, -0.2) is 0 Å². The van der Waals surface area contributed by atoms with E-state index in [1.807, 2.05) is 0 Å². The van der Waals surface area contributed by atoms with Gasteiger partial charge in [0.2, 0.25) is 0 Å². The molecule has 0 aliphatic heterocycles. The summed E-state index contributed by atoms with van der Waals surface area (Å²) in [6.45, 7) is 0. The molecule has 1 N–H and O–H groups in total. The molecule has 54 valence electrons. The monoisotopic (exact) mass is 180 g/mol. The van der Waals surface area contributed by atoms with Crippen molar-refractivity contribution in [3.63, 3.8) is 0 Å². The molecule has 1 aromatic carbocycles. The Hall–Kier alpha value is 0.130. The third-order valence-corrected chi connectivity index (χ3v) is 1.77. The van der Waals surface area contributed by atoms with Gasteiger partial charge in [-0.1, -0.05) is 0 Å². The van der Waals surface area contributed by atoms with E-state index in [0.717, 1.165) is 0 Å². The minimum Gasteiger partial charge on any atom is -0.283 e. The molecule has 1 aromatic rings. The molecule has 0 saturated carbocycles. The molecule has 0 aliphatic rings. The maximum Gasteiger partial charge on any atom is 1.00 e. The van der Waals surface area contributed by atoms with Crippen LogP contribution in [0.4, 0.5) is 0 Å². The normalized spacial score (nSPS) is 10.3. The second-order valence-corrected chi connectivity index (χ2v) is 3.09. The first-order valence-corrected chi connectivity index (χ1v) is 3.99. The summed E-state index contributed by atoms with van der Waals surface area (Å²) in [6.07, 6.45) is 0. The van der Waals surface area contributed by atoms with E-state index in [1.165, 1.54) is 18.2 Å². The maximum atomic E-state index is 10.4. The largest absolute Gasteiger partial charge is 1.00 e. The predicted molar refractivity (Wildman–Crippen MR) is 35.1 cm³/mol. The van der Waals surface area contributed by atoms with Crippen molar-refractivity contribution in [1.82, 2.24) is 0 Å². The van der Waals surface area contributed by atoms with Crippen molar-refractivity contribution < 1.29 is 42.5 Å². The fourth-order valence-electron chi connectivity index (χ4n) is 0.537. The van der Waals surface area contributed by atoms with Crippen LogP contribution in [0, 0.1) is 6.07 Å². The van der Waals surface area contributed by atoms with Gasteiger partial charge in [-0.05, 0) is 4.90 Å². The van der Waals surface area contributed by atoms with Crippen LogP contribution in [0.1, 0.15) is 0 Å². The standard InChI is InChI=1S/C6H5O3S.Na/c7-10(8,9)6-4-2-1-3-5-6;/h1-4H,(H,7,8,9);/q-1;+1. The number of benzene rings is 1. The first kappa shape index (κ1) is 11.1. The van der Waals surface area contributed by atoms with Crippen molar-refractivity contribution in [1.29, 1.82) is 0 Å². The summed E-state index contributed by atoms with van der Waals surface area (Å²) in [7, 11) is -4.06. The Morgan fingerprint density at radius 2 is 2.00 bits per heavy atom. The van der Waals surface area contributed by atoms with Crippen LogP contribution in [0.15, 0.2) is 29.2 Å². The molecule has 0 saturated heterocycles. The summed E-state index contributed by atoms with van der Waals surface area (Å²) in [5.41, 5.74) is 0. The van der Waals surface area contributed by atoms with Gasteiger partial charge < -0.3 is 0 Å². The fraction of sp³-hybridized carbons (Fsp3) is 0. The molecular formula is C6H5NaO3S. The third-order valence-electron chi connectivity index (χ3n) is 0.958. The summed E-state index contributed by atoms with van der Waals surface area (Å²) < 4.78 is 29.1. The minimum atomic E-state index is -4.06. The van der Waals surface area contributed by atoms with Gasteiger partial charge >= 0.3 is 29.6 Å². The van der Waals surface area contributed by atoms with Crippen LogP contribution in [-0.4, -0.2) is 13.0 Å². The smallest absolute Gasteiger partial charge is 0.283 e. The Balaban J connectivity index is 0.000001000. The Labute approximate surface area is 87.5 Å². The zero-order valence-electron chi connectivity index (χ0n) is 5.98. The number of hydrogen-bond donors (Lipinski definition) is 1. The average molecular weight is 180 g/mol. The molecule has 0 fully saturated rings. The van der Waals surface area contributed by atoms with Crippen LogP contribution in [0.5, 0.6) is 0 Å². The third kappa shape index (κ3) is 3.35. The van der Waals surface area contributed by atoms with Gasteiger partial charge in [-0.3, -0.25) is 4.55 Å². The molecule has 0 aliphatic carbocycles. The average Bonchev–Trinajstić information content (AvgIpc) is 1.88. The van der Waals surface area contributed by atoms with Crippen LogP contribution in [0.2, 0.25) is 0 Å². The number of rotatable bonds is 1. The van der Waals surface area contributed by atoms with Crippen molar-refractivity contribution in [2.45, 2.75) is 4.90 Å². The first-order chi connectivity index (χ1) is 4.61. The van der Waals surface area contributed by atoms with E-state index in [0.29, 0.717) is 0 Å². The molecule has 0 spiro atoms. The Kier molecular flexibility index (Phi) is 4.28. The molecule has 0 radical (unpaired) electrons. The molecule has 1 rings (SSSR count). The van der Waals surface area contributed by atoms with Crippen molar-refractivity contribution in [3.8, 4) is 0 Å². The molecule has 0 bridgehead atoms. The second kappa shape index (κ2) is 4.23. The van der Waals surface area contributed by atoms with Crippen molar-refractivity contribution in [3.05, 3.63) is 30.3 Å². The summed E-state index contributed by atoms with van der Waals surface area (Å²) in [6, 6.07) is 8.20. The number of hydrogen-bond acceptors (Lipinski definition) is 2. The zero-order chi connectivity index (χ0) is 7.61. The summed E-state index contributed by atoms with van der Waals surface area (Å²) in [5.74, 6) is 0. The van der Waals surface area contributed by atoms with E-state index in [9.17, 15) is 8.42 Å². The molecule has 11 heavy (non-hydrogen) atoms. The first-order valence-electron chi connectivity index (χ1n) is 2.55. The van der Waals surface area contributed by atoms with Crippen molar-refractivity contribution in [2.75, 3.05) is 0 Å². The van der Waals surface area contributed by atoms with E-state index in [1.54, 1.807) is 6.07 Å². The van der Waals surface area contributed by atoms with Crippen LogP contribution < -0.4 is 29.6 Å². The Morgan fingerprint density at radius 3 is 2.27 bits per heavy atom. The molecule has 0 heterocycles. The van der Waals surface area contributed by atoms with Gasteiger partial charge in [0.15, 0.2) is 0 Å². The quantitative estimate of drug-likeness (QED) is 0.301. The summed E-state index contributed by atoms with van der Waals surface area (Å²) >= 11 is 0. The topological polar surface area (TPSA) is 54.4 Å². The summed E-state index contributed by atoms with van der Waals surface area (Å²) in [5, 5.41) is 0. The van der Waals surface area contributed by atoms with Gasteiger partial charge in [0.25, 0.3) is 10.1 Å². The molecule has 0 atom stereocenters. The van der Waals surface area contributed by atoms with E-state index < -0.39 is 10.1 Å². The second-order valence-electron chi connectivity index (χ2n) is 1.70. The van der Waals surface area contributed by atoms with Gasteiger partial charge in [-0.2, -0.15) is 32.7 Å². The zero-order valence-corrected chi connectivity index (χ0v) is 8.80. The van der Waals surface area contributed by atoms with E-state index in [-0.39, 0.29) is 34.5 Å². The Morgan fingerprint density at radius 1 is 1.36 bits per heavy atom. The van der Waals surface area contributed by atoms with Crippen molar-refractivity contribution in [2.24, 2.45) is 0 Å². The van der Waals surface area contributed by atoms with Gasteiger partial charge in [0.05, 0.1) is 0 Å². The van der Waals surface area contributed by atoms with Gasteiger partial charge in [0, 0.05) is 0 Å². The molecule has 0 aromatic heterocycles. The van der Waals surface area contributed by atoms with Gasteiger partial charge in [0.1, 0.15) is 0 Å². The van der Waals surface area contributed by atoms with Crippen LogP contribution >= 0.6 is 0 Å². The van der Waals surface area contributed by atoms with E-state index in [2.05, 4.69) is 6.07 Å². The van der Waals surface area contributed by atoms with Crippen LogP contribution in [0.3, 0.4) is 0 Å². The Bertz CT molecular complexity index is 306. The maximum absolute atomic E-state index is 10.4. The molecule has 0 amide bonds. The van der Waals surface area contributed by atoms with Crippen molar-refractivity contribution >= 4 is 10.1 Å².